The monoisotopic (exact) mass is 549 g/mol. The van der Waals surface area contributed by atoms with Gasteiger partial charge in [-0.2, -0.15) is 0 Å². The highest BCUT2D eigenvalue weighted by Gasteiger charge is 2.34. The predicted molar refractivity (Wildman–Crippen MR) is 156 cm³/mol. The summed E-state index contributed by atoms with van der Waals surface area (Å²) in [7, 11) is 6.50. The lowest BCUT2D eigenvalue weighted by atomic mass is 9.81. The van der Waals surface area contributed by atoms with Gasteiger partial charge in [-0.3, -0.25) is 5.41 Å². The van der Waals surface area contributed by atoms with Crippen molar-refractivity contribution in [1.29, 1.82) is 5.41 Å². The van der Waals surface area contributed by atoms with E-state index in [9.17, 15) is 5.41 Å². The largest absolute Gasteiger partial charge is 0.493 e. The molecule has 4 aromatic carbocycles. The van der Waals surface area contributed by atoms with Gasteiger partial charge in [-0.05, 0) is 58.7 Å². The Morgan fingerprint density at radius 3 is 2.24 bits per heavy atom. The molecule has 0 bridgehead atoms. The van der Waals surface area contributed by atoms with Crippen molar-refractivity contribution in [3.05, 3.63) is 107 Å². The molecule has 0 unspecified atom stereocenters. The molecule has 0 spiro atoms. The Morgan fingerprint density at radius 1 is 0.780 bits per heavy atom. The molecule has 208 valence electrons. The zero-order valence-corrected chi connectivity index (χ0v) is 23.4. The highest BCUT2D eigenvalue weighted by Crippen LogP contribution is 2.49. The van der Waals surface area contributed by atoms with Gasteiger partial charge >= 0.3 is 0 Å². The van der Waals surface area contributed by atoms with E-state index in [1.807, 2.05) is 59.2 Å². The molecule has 0 saturated heterocycles. The van der Waals surface area contributed by atoms with Crippen LogP contribution in [0.4, 0.5) is 0 Å². The minimum Gasteiger partial charge on any atom is -0.493 e. The highest BCUT2D eigenvalue weighted by atomic mass is 16.5. The van der Waals surface area contributed by atoms with Crippen molar-refractivity contribution in [2.24, 2.45) is 0 Å². The van der Waals surface area contributed by atoms with Crippen LogP contribution in [0.25, 0.3) is 10.8 Å². The van der Waals surface area contributed by atoms with Gasteiger partial charge in [0.25, 0.3) is 0 Å². The first kappa shape index (κ1) is 26.3. The van der Waals surface area contributed by atoms with Crippen molar-refractivity contribution < 1.29 is 23.7 Å². The SMILES string of the molecule is COc1ccc(CCn2cnc3c(c2=N)[C@H](c2ccc(OC)c(OC)c2)c2c(ccc4ccccc24)O3)cc1OC. The zero-order valence-electron chi connectivity index (χ0n) is 23.4. The predicted octanol–water partition coefficient (Wildman–Crippen LogP) is 6.08. The van der Waals surface area contributed by atoms with E-state index >= 15 is 0 Å². The lowest BCUT2D eigenvalue weighted by Gasteiger charge is -2.30. The van der Waals surface area contributed by atoms with Gasteiger partial charge in [0, 0.05) is 18.0 Å². The van der Waals surface area contributed by atoms with Crippen LogP contribution in [0.5, 0.6) is 34.6 Å². The van der Waals surface area contributed by atoms with Crippen LogP contribution in [0, 0.1) is 5.41 Å². The Hall–Kier alpha value is -4.98. The van der Waals surface area contributed by atoms with E-state index in [2.05, 4.69) is 18.2 Å². The summed E-state index contributed by atoms with van der Waals surface area (Å²) < 4.78 is 30.3. The van der Waals surface area contributed by atoms with Gasteiger partial charge in [-0.25, -0.2) is 4.98 Å². The van der Waals surface area contributed by atoms with Crippen molar-refractivity contribution in [3.63, 3.8) is 0 Å². The fourth-order valence-electron chi connectivity index (χ4n) is 5.58. The number of fused-ring (bicyclic) bond motifs is 4. The third-order valence-corrected chi connectivity index (χ3v) is 7.63. The second-order valence-electron chi connectivity index (χ2n) is 9.79. The highest BCUT2D eigenvalue weighted by molar-refractivity contribution is 5.90. The first-order valence-electron chi connectivity index (χ1n) is 13.3. The molecule has 5 aromatic rings. The number of ether oxygens (including phenoxy) is 5. The number of hydrogen-bond donors (Lipinski definition) is 1. The maximum atomic E-state index is 9.38. The van der Waals surface area contributed by atoms with E-state index in [1.54, 1.807) is 34.8 Å². The van der Waals surface area contributed by atoms with Gasteiger partial charge in [0.15, 0.2) is 23.0 Å². The zero-order chi connectivity index (χ0) is 28.5. The van der Waals surface area contributed by atoms with Gasteiger partial charge in [-0.1, -0.05) is 42.5 Å². The third kappa shape index (κ3) is 4.61. The van der Waals surface area contributed by atoms with E-state index < -0.39 is 0 Å². The summed E-state index contributed by atoms with van der Waals surface area (Å²) in [6.45, 7) is 0.551. The van der Waals surface area contributed by atoms with Crippen molar-refractivity contribution in [3.8, 4) is 34.6 Å². The molecule has 0 aliphatic carbocycles. The average Bonchev–Trinajstić information content (AvgIpc) is 3.02. The molecule has 0 radical (unpaired) electrons. The Morgan fingerprint density at radius 2 is 1.49 bits per heavy atom. The number of benzene rings is 4. The fourth-order valence-corrected chi connectivity index (χ4v) is 5.58. The van der Waals surface area contributed by atoms with Gasteiger partial charge in [0.2, 0.25) is 5.88 Å². The smallest absolute Gasteiger partial charge is 0.228 e. The van der Waals surface area contributed by atoms with Crippen molar-refractivity contribution in [2.75, 3.05) is 28.4 Å². The summed E-state index contributed by atoms with van der Waals surface area (Å²) in [6.07, 6.45) is 2.36. The first-order valence-corrected chi connectivity index (χ1v) is 13.3. The minimum atomic E-state index is -0.312. The number of methoxy groups -OCH3 is 4. The first-order chi connectivity index (χ1) is 20.1. The Kier molecular flexibility index (Phi) is 6.97. The number of aromatic nitrogens is 2. The van der Waals surface area contributed by atoms with E-state index in [4.69, 9.17) is 28.7 Å². The standard InChI is InChI=1S/C33H31N3O5/c1-37-24-12-9-20(17-27(24)39-3)15-16-36-19-35-33-31(32(36)34)29(22-11-13-25(38-2)28(18-22)40-4)30-23-8-6-5-7-21(23)10-14-26(30)41-33/h5-14,17-19,29,34H,15-16H2,1-4H3/t29-/m1/s1. The van der Waals surface area contributed by atoms with Gasteiger partial charge in [0.1, 0.15) is 17.6 Å². The second-order valence-corrected chi connectivity index (χ2v) is 9.79. The van der Waals surface area contributed by atoms with Crippen LogP contribution < -0.4 is 29.2 Å². The fraction of sp³-hybridized carbons (Fsp3) is 0.212. The average molecular weight is 550 g/mol. The van der Waals surface area contributed by atoms with E-state index in [1.165, 1.54) is 0 Å². The summed E-state index contributed by atoms with van der Waals surface area (Å²) in [5.74, 6) is 3.47. The summed E-state index contributed by atoms with van der Waals surface area (Å²) in [6, 6.07) is 24.0. The van der Waals surface area contributed by atoms with Crippen LogP contribution in [0.1, 0.15) is 28.2 Å². The van der Waals surface area contributed by atoms with Gasteiger partial charge in [0.05, 0.1) is 34.0 Å². The maximum Gasteiger partial charge on any atom is 0.228 e. The van der Waals surface area contributed by atoms with Crippen molar-refractivity contribution >= 4 is 10.8 Å². The number of nitrogens with one attached hydrogen (secondary N) is 1. The molecule has 1 atom stereocenters. The Balaban J connectivity index is 1.48. The Labute approximate surface area is 238 Å². The van der Waals surface area contributed by atoms with Gasteiger partial charge < -0.3 is 28.3 Å². The van der Waals surface area contributed by atoms with Crippen LogP contribution in [-0.4, -0.2) is 38.0 Å². The molecule has 41 heavy (non-hydrogen) atoms. The van der Waals surface area contributed by atoms with E-state index in [-0.39, 0.29) is 5.92 Å². The maximum absolute atomic E-state index is 9.38. The van der Waals surface area contributed by atoms with Crippen molar-refractivity contribution in [2.45, 2.75) is 18.9 Å². The quantitative estimate of drug-likeness (QED) is 0.248. The molecule has 0 amide bonds. The number of hydrogen-bond acceptors (Lipinski definition) is 7. The Bertz CT molecular complexity index is 1810. The number of aryl methyl sites for hydroxylation is 2. The van der Waals surface area contributed by atoms with Crippen LogP contribution in [0.3, 0.4) is 0 Å². The number of rotatable bonds is 8. The minimum absolute atomic E-state index is 0.312. The molecular formula is C33H31N3O5. The molecule has 1 aliphatic heterocycles. The second kappa shape index (κ2) is 10.9. The van der Waals surface area contributed by atoms with E-state index in [0.717, 1.165) is 33.2 Å². The van der Waals surface area contributed by atoms with Crippen LogP contribution in [0.2, 0.25) is 0 Å². The lowest BCUT2D eigenvalue weighted by Crippen LogP contribution is -2.30. The third-order valence-electron chi connectivity index (χ3n) is 7.63. The van der Waals surface area contributed by atoms with Crippen molar-refractivity contribution in [1.82, 2.24) is 9.55 Å². The van der Waals surface area contributed by atoms with E-state index in [0.29, 0.717) is 52.9 Å². The molecule has 0 saturated carbocycles. The molecule has 6 rings (SSSR count). The molecule has 1 N–H and O–H groups in total. The summed E-state index contributed by atoms with van der Waals surface area (Å²) in [5, 5.41) is 11.5. The summed E-state index contributed by atoms with van der Waals surface area (Å²) >= 11 is 0. The lowest BCUT2D eigenvalue weighted by molar-refractivity contribution is 0.354. The normalized spacial score (nSPS) is 13.6. The summed E-state index contributed by atoms with van der Waals surface area (Å²) in [5.41, 5.74) is 4.06. The molecule has 1 aromatic heterocycles. The molecule has 1 aliphatic rings. The molecule has 0 fully saturated rings. The molecule has 8 heteroatoms. The summed E-state index contributed by atoms with van der Waals surface area (Å²) in [4.78, 5) is 4.70. The topological polar surface area (TPSA) is 87.8 Å². The number of nitrogens with zero attached hydrogens (tertiary/aromatic N) is 2. The molecule has 8 nitrogen and oxygen atoms in total. The molecular weight excluding hydrogens is 518 g/mol. The van der Waals surface area contributed by atoms with Crippen LogP contribution in [0.15, 0.2) is 79.1 Å². The van der Waals surface area contributed by atoms with Crippen LogP contribution >= 0.6 is 0 Å². The van der Waals surface area contributed by atoms with Crippen LogP contribution in [-0.2, 0) is 13.0 Å². The van der Waals surface area contributed by atoms with Gasteiger partial charge in [-0.15, -0.1) is 0 Å². The molecule has 2 heterocycles.